The fourth-order valence-corrected chi connectivity index (χ4v) is 5.58. The number of hydrogen-bond acceptors (Lipinski definition) is 5. The number of rotatable bonds is 9. The smallest absolute Gasteiger partial charge is 0.196 e. The number of carbonyl (C=O) groups is 1. The number of fused-ring (bicyclic) bond motifs is 1. The van der Waals surface area contributed by atoms with Gasteiger partial charge in [-0.25, -0.2) is 4.39 Å². The van der Waals surface area contributed by atoms with Gasteiger partial charge in [0.05, 0.1) is 0 Å². The number of ketones is 1. The van der Waals surface area contributed by atoms with Crippen molar-refractivity contribution < 1.29 is 13.9 Å². The average Bonchev–Trinajstić information content (AvgIpc) is 3.60. The minimum Gasteiger partial charge on any atom is -0.483 e. The van der Waals surface area contributed by atoms with Crippen molar-refractivity contribution in [2.75, 3.05) is 0 Å². The number of H-pyrrole nitrogens is 1. The highest BCUT2D eigenvalue weighted by molar-refractivity contribution is 8.00. The summed E-state index contributed by atoms with van der Waals surface area (Å²) in [5.74, 6) is 0.117. The van der Waals surface area contributed by atoms with E-state index in [0.29, 0.717) is 16.5 Å². The molecule has 0 bridgehead atoms. The highest BCUT2D eigenvalue weighted by atomic mass is 32.2. The van der Waals surface area contributed by atoms with Crippen LogP contribution in [0.15, 0.2) is 121 Å². The summed E-state index contributed by atoms with van der Waals surface area (Å²) in [5.41, 5.74) is 3.17. The first kappa shape index (κ1) is 24.6. The fourth-order valence-electron chi connectivity index (χ4n) is 4.43. The van der Waals surface area contributed by atoms with Crippen LogP contribution in [-0.4, -0.2) is 25.5 Å². The summed E-state index contributed by atoms with van der Waals surface area (Å²) in [7, 11) is 0. The van der Waals surface area contributed by atoms with Gasteiger partial charge in [0, 0.05) is 28.4 Å². The van der Waals surface area contributed by atoms with Gasteiger partial charge in [0.2, 0.25) is 0 Å². The van der Waals surface area contributed by atoms with Crippen LogP contribution in [-0.2, 0) is 6.61 Å². The van der Waals surface area contributed by atoms with Crippen LogP contribution < -0.4 is 4.74 Å². The number of para-hydroxylation sites is 3. The van der Waals surface area contributed by atoms with Crippen molar-refractivity contribution >= 4 is 28.4 Å². The summed E-state index contributed by atoms with van der Waals surface area (Å²) in [5, 5.41) is 9.65. The Bertz CT molecular complexity index is 1730. The molecule has 0 spiro atoms. The van der Waals surface area contributed by atoms with E-state index < -0.39 is 11.1 Å². The third-order valence-electron chi connectivity index (χ3n) is 6.33. The Hall–Kier alpha value is -4.69. The van der Waals surface area contributed by atoms with E-state index in [1.54, 1.807) is 24.4 Å². The molecule has 0 aliphatic heterocycles. The van der Waals surface area contributed by atoms with Crippen LogP contribution in [0.4, 0.5) is 4.39 Å². The number of nitrogens with one attached hydrogen (secondary N) is 1. The molecule has 0 aliphatic rings. The van der Waals surface area contributed by atoms with E-state index in [-0.39, 0.29) is 18.1 Å². The third kappa shape index (κ3) is 5.06. The monoisotopic (exact) mass is 534 g/mol. The van der Waals surface area contributed by atoms with Gasteiger partial charge < -0.3 is 9.72 Å². The summed E-state index contributed by atoms with van der Waals surface area (Å²) in [6.45, 7) is -0.00418. The highest BCUT2D eigenvalue weighted by Gasteiger charge is 2.29. The minimum absolute atomic E-state index is 0.00418. The second-order valence-corrected chi connectivity index (χ2v) is 9.88. The number of benzene rings is 4. The molecule has 0 amide bonds. The Kier molecular flexibility index (Phi) is 6.93. The van der Waals surface area contributed by atoms with Crippen LogP contribution in [0.1, 0.15) is 27.0 Å². The lowest BCUT2D eigenvalue weighted by Crippen LogP contribution is -2.12. The highest BCUT2D eigenvalue weighted by Crippen LogP contribution is 2.39. The molecule has 1 N–H and O–H groups in total. The lowest BCUT2D eigenvalue weighted by atomic mass is 10.0. The van der Waals surface area contributed by atoms with E-state index >= 15 is 0 Å². The maximum atomic E-state index is 14.2. The second-order valence-electron chi connectivity index (χ2n) is 8.81. The van der Waals surface area contributed by atoms with Crippen molar-refractivity contribution in [3.05, 3.63) is 138 Å². The maximum absolute atomic E-state index is 14.2. The molecule has 0 saturated heterocycles. The SMILES string of the molecule is O=C(c1c[nH]c2ccccc12)[C@H](Sc1nnc(COc2ccccc2F)n1-c1ccccc1)c1ccccc1. The first-order valence-electron chi connectivity index (χ1n) is 12.4. The Morgan fingerprint density at radius 1 is 0.872 bits per heavy atom. The summed E-state index contributed by atoms with van der Waals surface area (Å²) in [6, 6.07) is 33.2. The van der Waals surface area contributed by atoms with Gasteiger partial charge >= 0.3 is 0 Å². The van der Waals surface area contributed by atoms with E-state index in [2.05, 4.69) is 15.2 Å². The molecule has 1 atom stereocenters. The number of thioether (sulfide) groups is 1. The van der Waals surface area contributed by atoms with E-state index in [0.717, 1.165) is 22.2 Å². The van der Waals surface area contributed by atoms with Crippen molar-refractivity contribution in [3.8, 4) is 11.4 Å². The standard InChI is InChI=1S/C31H23FN4O2S/c32-25-16-8-10-18-27(25)38-20-28-34-35-31(36(28)22-13-5-2-6-14-22)39-30(21-11-3-1-4-12-21)29(37)24-19-33-26-17-9-7-15-23(24)26/h1-19,30,33H,20H2/t30-/m1/s1. The Morgan fingerprint density at radius 2 is 1.56 bits per heavy atom. The van der Waals surface area contributed by atoms with Crippen molar-refractivity contribution in [1.29, 1.82) is 0 Å². The molecule has 0 fully saturated rings. The molecule has 0 saturated carbocycles. The number of aromatic amines is 1. The van der Waals surface area contributed by atoms with E-state index in [4.69, 9.17) is 4.74 Å². The molecule has 39 heavy (non-hydrogen) atoms. The quantitative estimate of drug-likeness (QED) is 0.157. The maximum Gasteiger partial charge on any atom is 0.196 e. The van der Waals surface area contributed by atoms with Gasteiger partial charge in [0.1, 0.15) is 11.9 Å². The first-order valence-corrected chi connectivity index (χ1v) is 13.3. The molecule has 6 aromatic rings. The van der Waals surface area contributed by atoms with Gasteiger partial charge in [-0.15, -0.1) is 10.2 Å². The Balaban J connectivity index is 1.39. The Labute approximate surface area is 228 Å². The topological polar surface area (TPSA) is 72.8 Å². The summed E-state index contributed by atoms with van der Waals surface area (Å²) in [6.07, 6.45) is 1.76. The Morgan fingerprint density at radius 3 is 2.36 bits per heavy atom. The molecule has 0 radical (unpaired) electrons. The van der Waals surface area contributed by atoms with Crippen LogP contribution in [0.2, 0.25) is 0 Å². The van der Waals surface area contributed by atoms with Crippen LogP contribution in [0.25, 0.3) is 16.6 Å². The summed E-state index contributed by atoms with van der Waals surface area (Å²) in [4.78, 5) is 17.3. The molecule has 2 heterocycles. The predicted octanol–water partition coefficient (Wildman–Crippen LogP) is 7.18. The van der Waals surface area contributed by atoms with Crippen LogP contribution in [0.5, 0.6) is 5.75 Å². The third-order valence-corrected chi connectivity index (χ3v) is 7.52. The van der Waals surface area contributed by atoms with Gasteiger partial charge in [-0.05, 0) is 35.9 Å². The molecular weight excluding hydrogens is 511 g/mol. The lowest BCUT2D eigenvalue weighted by Gasteiger charge is -2.17. The number of nitrogens with zero attached hydrogens (tertiary/aromatic N) is 3. The van der Waals surface area contributed by atoms with Crippen molar-refractivity contribution in [2.45, 2.75) is 17.0 Å². The summed E-state index contributed by atoms with van der Waals surface area (Å²) < 4.78 is 21.8. The molecular formula is C31H23FN4O2S. The number of Topliss-reactive ketones (excluding diaryl/α,β-unsaturated/α-hetero) is 1. The van der Waals surface area contributed by atoms with Crippen molar-refractivity contribution in [3.63, 3.8) is 0 Å². The lowest BCUT2D eigenvalue weighted by molar-refractivity contribution is 0.0991. The second kappa shape index (κ2) is 11.0. The van der Waals surface area contributed by atoms with Crippen LogP contribution >= 0.6 is 11.8 Å². The van der Waals surface area contributed by atoms with Crippen LogP contribution in [0.3, 0.4) is 0 Å². The van der Waals surface area contributed by atoms with E-state index in [9.17, 15) is 9.18 Å². The molecule has 2 aromatic heterocycles. The number of aromatic nitrogens is 4. The number of halogens is 1. The van der Waals surface area contributed by atoms with Crippen molar-refractivity contribution in [2.24, 2.45) is 0 Å². The summed E-state index contributed by atoms with van der Waals surface area (Å²) >= 11 is 1.32. The molecule has 6 rings (SSSR count). The largest absolute Gasteiger partial charge is 0.483 e. The van der Waals surface area contributed by atoms with Crippen LogP contribution in [0, 0.1) is 5.82 Å². The molecule has 0 unspecified atom stereocenters. The van der Waals surface area contributed by atoms with Gasteiger partial charge in [-0.2, -0.15) is 0 Å². The zero-order chi connectivity index (χ0) is 26.6. The first-order chi connectivity index (χ1) is 19.2. The van der Waals surface area contributed by atoms with Crippen molar-refractivity contribution in [1.82, 2.24) is 19.7 Å². The molecule has 4 aromatic carbocycles. The molecule has 8 heteroatoms. The molecule has 192 valence electrons. The van der Waals surface area contributed by atoms with E-state index in [1.165, 1.54) is 17.8 Å². The van der Waals surface area contributed by atoms with Gasteiger partial charge in [0.15, 0.2) is 28.3 Å². The molecule has 6 nitrogen and oxygen atoms in total. The average molecular weight is 535 g/mol. The van der Waals surface area contributed by atoms with Gasteiger partial charge in [-0.3, -0.25) is 9.36 Å². The zero-order valence-corrected chi connectivity index (χ0v) is 21.5. The normalized spacial score (nSPS) is 11.9. The number of hydrogen-bond donors (Lipinski definition) is 1. The van der Waals surface area contributed by atoms with Gasteiger partial charge in [0.25, 0.3) is 0 Å². The number of carbonyl (C=O) groups excluding carboxylic acids is 1. The van der Waals surface area contributed by atoms with Gasteiger partial charge in [-0.1, -0.05) is 90.6 Å². The minimum atomic E-state index is -0.586. The zero-order valence-electron chi connectivity index (χ0n) is 20.7. The fraction of sp³-hybridized carbons (Fsp3) is 0.0645. The molecule has 0 aliphatic carbocycles. The predicted molar refractivity (Wildman–Crippen MR) is 150 cm³/mol. The van der Waals surface area contributed by atoms with E-state index in [1.807, 2.05) is 89.5 Å². The number of ether oxygens (including phenoxy) is 1.